The Hall–Kier alpha value is -4.44. The molecule has 0 aliphatic carbocycles. The van der Waals surface area contributed by atoms with Crippen LogP contribution in [0.25, 0.3) is 22.4 Å². The van der Waals surface area contributed by atoms with Crippen molar-refractivity contribution in [1.82, 2.24) is 14.5 Å². The van der Waals surface area contributed by atoms with E-state index in [0.29, 0.717) is 30.4 Å². The summed E-state index contributed by atoms with van der Waals surface area (Å²) < 4.78 is 7.68. The fourth-order valence-corrected chi connectivity index (χ4v) is 4.27. The van der Waals surface area contributed by atoms with Crippen LogP contribution in [-0.2, 0) is 4.74 Å². The minimum atomic E-state index is -1.02. The fourth-order valence-electron chi connectivity index (χ4n) is 4.27. The van der Waals surface area contributed by atoms with Crippen LogP contribution in [-0.4, -0.2) is 57.9 Å². The van der Waals surface area contributed by atoms with Crippen molar-refractivity contribution in [3.05, 3.63) is 66.4 Å². The van der Waals surface area contributed by atoms with Gasteiger partial charge in [-0.05, 0) is 68.4 Å². The summed E-state index contributed by atoms with van der Waals surface area (Å²) in [4.78, 5) is 35.5. The molecule has 0 spiro atoms. The lowest BCUT2D eigenvalue weighted by Crippen LogP contribution is -2.37. The lowest BCUT2D eigenvalue weighted by molar-refractivity contribution is 0.0697. The quantitative estimate of drug-likeness (QED) is 0.346. The minimum Gasteiger partial charge on any atom is -0.478 e. The van der Waals surface area contributed by atoms with E-state index in [1.54, 1.807) is 24.3 Å². The van der Waals surface area contributed by atoms with Crippen molar-refractivity contribution in [3.63, 3.8) is 0 Å². The predicted octanol–water partition coefficient (Wildman–Crippen LogP) is 4.86. The molecule has 1 saturated heterocycles. The van der Waals surface area contributed by atoms with Crippen molar-refractivity contribution in [2.24, 2.45) is 0 Å². The number of rotatable bonds is 6. The number of carbonyl (C=O) groups is 2. The summed E-state index contributed by atoms with van der Waals surface area (Å²) in [6, 6.07) is 15.2. The van der Waals surface area contributed by atoms with Crippen LogP contribution in [0.2, 0.25) is 0 Å². The number of anilines is 3. The molecule has 1 aliphatic rings. The molecule has 1 fully saturated rings. The van der Waals surface area contributed by atoms with Gasteiger partial charge in [0.1, 0.15) is 11.5 Å². The predicted molar refractivity (Wildman–Crippen MR) is 142 cm³/mol. The van der Waals surface area contributed by atoms with E-state index >= 15 is 0 Å². The zero-order chi connectivity index (χ0) is 25.9. The van der Waals surface area contributed by atoms with Crippen molar-refractivity contribution < 1.29 is 19.4 Å². The number of carbonyl (C=O) groups excluding carboxylic acids is 1. The maximum atomic E-state index is 12.4. The van der Waals surface area contributed by atoms with E-state index in [9.17, 15) is 9.59 Å². The van der Waals surface area contributed by atoms with Gasteiger partial charge in [0, 0.05) is 42.3 Å². The van der Waals surface area contributed by atoms with E-state index in [4.69, 9.17) is 19.8 Å². The molecule has 0 atom stereocenters. The van der Waals surface area contributed by atoms with Gasteiger partial charge in [0.25, 0.3) is 0 Å². The number of ether oxygens (including phenoxy) is 1. The molecule has 4 aromatic rings. The van der Waals surface area contributed by atoms with Crippen molar-refractivity contribution in [2.75, 3.05) is 41.8 Å². The highest BCUT2D eigenvalue weighted by molar-refractivity contribution is 6.00. The lowest BCUT2D eigenvalue weighted by Gasteiger charge is -2.28. The Morgan fingerprint density at radius 2 is 1.54 bits per heavy atom. The number of nitrogens with one attached hydrogen (secondary N) is 2. The molecule has 0 bridgehead atoms. The number of carboxylic acid groups (broad SMARTS) is 1. The first-order chi connectivity index (χ1) is 17.9. The molecule has 5 rings (SSSR count). The van der Waals surface area contributed by atoms with E-state index in [0.717, 1.165) is 35.5 Å². The zero-order valence-electron chi connectivity index (χ0n) is 20.6. The normalized spacial score (nSPS) is 13.6. The van der Waals surface area contributed by atoms with Crippen LogP contribution in [0.1, 0.15) is 30.2 Å². The van der Waals surface area contributed by atoms with Crippen LogP contribution in [0.5, 0.6) is 0 Å². The van der Waals surface area contributed by atoms with Crippen LogP contribution in [0.3, 0.4) is 0 Å². The van der Waals surface area contributed by atoms with Gasteiger partial charge in [0.2, 0.25) is 0 Å². The standard InChI is InChI=1S/C27H28N6O4/c1-17(2)33-12-11-22-24(32-13-15-37-16-14-32)30-23(31-25(22)33)18-3-7-20(8-4-18)28-27(36)29-21-9-5-19(6-10-21)26(34)35/h3-12,17H,13-16H2,1-2H3,(H,34,35)(H2,28,29,36). The monoisotopic (exact) mass is 500 g/mol. The van der Waals surface area contributed by atoms with E-state index in [1.165, 1.54) is 12.1 Å². The SMILES string of the molecule is CC(C)n1ccc2c(N3CCOCC3)nc(-c3ccc(NC(=O)Nc4ccc(C(=O)O)cc4)cc3)nc21. The van der Waals surface area contributed by atoms with E-state index in [1.807, 2.05) is 12.1 Å². The number of aromatic carboxylic acids is 1. The lowest BCUT2D eigenvalue weighted by atomic mass is 10.2. The van der Waals surface area contributed by atoms with Crippen molar-refractivity contribution >= 4 is 40.2 Å². The number of morpholine rings is 1. The first-order valence-electron chi connectivity index (χ1n) is 12.1. The first-order valence-corrected chi connectivity index (χ1v) is 12.1. The summed E-state index contributed by atoms with van der Waals surface area (Å²) in [5.41, 5.74) is 2.97. The second kappa shape index (κ2) is 10.3. The van der Waals surface area contributed by atoms with E-state index in [2.05, 4.69) is 46.2 Å². The molecule has 3 N–H and O–H groups in total. The molecule has 0 saturated carbocycles. The van der Waals surface area contributed by atoms with Crippen molar-refractivity contribution in [3.8, 4) is 11.4 Å². The van der Waals surface area contributed by atoms with Gasteiger partial charge in [-0.15, -0.1) is 0 Å². The molecule has 1 aliphatic heterocycles. The summed E-state index contributed by atoms with van der Waals surface area (Å²) in [5, 5.41) is 15.5. The van der Waals surface area contributed by atoms with Gasteiger partial charge in [-0.2, -0.15) is 0 Å². The summed E-state index contributed by atoms with van der Waals surface area (Å²) in [5.74, 6) is 0.496. The first kappa shape index (κ1) is 24.3. The van der Waals surface area contributed by atoms with Gasteiger partial charge < -0.3 is 29.9 Å². The number of hydrogen-bond donors (Lipinski definition) is 3. The second-order valence-corrected chi connectivity index (χ2v) is 9.06. The van der Waals surface area contributed by atoms with Crippen LogP contribution in [0.4, 0.5) is 22.0 Å². The summed E-state index contributed by atoms with van der Waals surface area (Å²) in [6.07, 6.45) is 2.05. The zero-order valence-corrected chi connectivity index (χ0v) is 20.6. The highest BCUT2D eigenvalue weighted by Gasteiger charge is 2.20. The molecule has 10 heteroatoms. The molecule has 0 unspecified atom stereocenters. The second-order valence-electron chi connectivity index (χ2n) is 9.06. The average Bonchev–Trinajstić information content (AvgIpc) is 3.34. The van der Waals surface area contributed by atoms with E-state index < -0.39 is 12.0 Å². The molecule has 37 heavy (non-hydrogen) atoms. The number of fused-ring (bicyclic) bond motifs is 1. The molecular formula is C27H28N6O4. The third-order valence-corrected chi connectivity index (χ3v) is 6.21. The van der Waals surface area contributed by atoms with Gasteiger partial charge in [-0.1, -0.05) is 0 Å². The molecular weight excluding hydrogens is 472 g/mol. The Labute approximate surface area is 213 Å². The third kappa shape index (κ3) is 5.24. The maximum absolute atomic E-state index is 12.4. The largest absolute Gasteiger partial charge is 0.478 e. The maximum Gasteiger partial charge on any atom is 0.335 e. The number of amides is 2. The number of carboxylic acids is 1. The Bertz CT molecular complexity index is 1420. The summed E-state index contributed by atoms with van der Waals surface area (Å²) in [6.45, 7) is 7.13. The van der Waals surface area contributed by atoms with Gasteiger partial charge >= 0.3 is 12.0 Å². The molecule has 2 amide bonds. The van der Waals surface area contributed by atoms with Gasteiger partial charge in [0.15, 0.2) is 5.82 Å². The number of urea groups is 1. The smallest absolute Gasteiger partial charge is 0.335 e. The molecule has 190 valence electrons. The van der Waals surface area contributed by atoms with Crippen LogP contribution >= 0.6 is 0 Å². The van der Waals surface area contributed by atoms with Crippen LogP contribution in [0, 0.1) is 0 Å². The Morgan fingerprint density at radius 1 is 0.919 bits per heavy atom. The third-order valence-electron chi connectivity index (χ3n) is 6.21. The number of hydrogen-bond acceptors (Lipinski definition) is 6. The van der Waals surface area contributed by atoms with Crippen molar-refractivity contribution in [2.45, 2.75) is 19.9 Å². The molecule has 0 radical (unpaired) electrons. The highest BCUT2D eigenvalue weighted by Crippen LogP contribution is 2.31. The van der Waals surface area contributed by atoms with Crippen molar-refractivity contribution in [1.29, 1.82) is 0 Å². The Balaban J connectivity index is 1.37. The van der Waals surface area contributed by atoms with Gasteiger partial charge in [-0.25, -0.2) is 19.6 Å². The summed E-state index contributed by atoms with van der Waals surface area (Å²) in [7, 11) is 0. The topological polar surface area (TPSA) is 122 Å². The molecule has 2 aromatic heterocycles. The molecule has 3 heterocycles. The van der Waals surface area contributed by atoms with E-state index in [-0.39, 0.29) is 11.6 Å². The number of benzene rings is 2. The Kier molecular flexibility index (Phi) is 6.74. The number of aromatic nitrogens is 3. The number of nitrogens with zero attached hydrogens (tertiary/aromatic N) is 4. The fraction of sp³-hybridized carbons (Fsp3) is 0.259. The molecule has 2 aromatic carbocycles. The average molecular weight is 501 g/mol. The van der Waals surface area contributed by atoms with Gasteiger partial charge in [0.05, 0.1) is 24.2 Å². The molecule has 10 nitrogen and oxygen atoms in total. The Morgan fingerprint density at radius 3 is 2.14 bits per heavy atom. The van der Waals surface area contributed by atoms with Crippen LogP contribution < -0.4 is 15.5 Å². The summed E-state index contributed by atoms with van der Waals surface area (Å²) >= 11 is 0. The highest BCUT2D eigenvalue weighted by atomic mass is 16.5. The van der Waals surface area contributed by atoms with Crippen LogP contribution in [0.15, 0.2) is 60.8 Å². The minimum absolute atomic E-state index is 0.152. The van der Waals surface area contributed by atoms with Gasteiger partial charge in [-0.3, -0.25) is 0 Å².